The molecule has 0 aliphatic rings. The monoisotopic (exact) mass is 350 g/mol. The standard InChI is InChI=1S/C20H18N2O2S/c1-15(19-8-4-6-18-5-2-3-7-20(18)19)22-25(23,24)14-17-11-9-16(13-21)10-12-17/h2-12,15,22H,14H2,1H3/t15-/m0/s1. The van der Waals surface area contributed by atoms with Crippen LogP contribution in [0.3, 0.4) is 0 Å². The molecule has 3 aromatic carbocycles. The Morgan fingerprint density at radius 3 is 2.40 bits per heavy atom. The molecule has 0 unspecified atom stereocenters. The van der Waals surface area contributed by atoms with Gasteiger partial charge in [-0.15, -0.1) is 0 Å². The topological polar surface area (TPSA) is 70.0 Å². The molecule has 1 N–H and O–H groups in total. The van der Waals surface area contributed by atoms with E-state index in [4.69, 9.17) is 5.26 Å². The van der Waals surface area contributed by atoms with Crippen molar-refractivity contribution in [2.24, 2.45) is 0 Å². The van der Waals surface area contributed by atoms with Crippen LogP contribution >= 0.6 is 0 Å². The number of hydrogen-bond acceptors (Lipinski definition) is 3. The van der Waals surface area contributed by atoms with Gasteiger partial charge < -0.3 is 0 Å². The van der Waals surface area contributed by atoms with E-state index in [0.717, 1.165) is 16.3 Å². The van der Waals surface area contributed by atoms with Crippen LogP contribution in [0.15, 0.2) is 66.7 Å². The number of nitrogens with one attached hydrogen (secondary N) is 1. The summed E-state index contributed by atoms with van der Waals surface area (Å²) in [6, 6.07) is 22.1. The summed E-state index contributed by atoms with van der Waals surface area (Å²) in [6.45, 7) is 1.85. The highest BCUT2D eigenvalue weighted by molar-refractivity contribution is 7.88. The molecule has 0 fully saturated rings. The third-order valence-corrected chi connectivity index (χ3v) is 5.51. The van der Waals surface area contributed by atoms with Crippen molar-refractivity contribution < 1.29 is 8.42 Å². The molecule has 0 spiro atoms. The van der Waals surface area contributed by atoms with Gasteiger partial charge in [-0.25, -0.2) is 13.1 Å². The molecule has 0 saturated heterocycles. The van der Waals surface area contributed by atoms with Gasteiger partial charge in [0.15, 0.2) is 0 Å². The molecule has 25 heavy (non-hydrogen) atoms. The molecule has 1 atom stereocenters. The molecule has 3 rings (SSSR count). The van der Waals surface area contributed by atoms with Crippen LogP contribution in [0.4, 0.5) is 0 Å². The van der Waals surface area contributed by atoms with Gasteiger partial charge in [0, 0.05) is 6.04 Å². The van der Waals surface area contributed by atoms with Gasteiger partial charge in [0.05, 0.1) is 17.4 Å². The van der Waals surface area contributed by atoms with Gasteiger partial charge in [-0.1, -0.05) is 54.6 Å². The average molecular weight is 350 g/mol. The highest BCUT2D eigenvalue weighted by Crippen LogP contribution is 2.24. The van der Waals surface area contributed by atoms with E-state index < -0.39 is 10.0 Å². The second kappa shape index (κ2) is 7.06. The van der Waals surface area contributed by atoms with Crippen LogP contribution in [-0.4, -0.2) is 8.42 Å². The molecule has 5 heteroatoms. The van der Waals surface area contributed by atoms with Crippen molar-refractivity contribution in [1.29, 1.82) is 5.26 Å². The predicted molar refractivity (Wildman–Crippen MR) is 99.3 cm³/mol. The fourth-order valence-corrected chi connectivity index (χ4v) is 4.28. The maximum Gasteiger partial charge on any atom is 0.216 e. The highest BCUT2D eigenvalue weighted by Gasteiger charge is 2.18. The lowest BCUT2D eigenvalue weighted by Gasteiger charge is -2.17. The molecule has 3 aromatic rings. The first-order valence-corrected chi connectivity index (χ1v) is 9.60. The van der Waals surface area contributed by atoms with Crippen LogP contribution in [0.2, 0.25) is 0 Å². The van der Waals surface area contributed by atoms with Crippen LogP contribution in [0, 0.1) is 11.3 Å². The molecule has 126 valence electrons. The molecule has 0 saturated carbocycles. The number of rotatable bonds is 5. The fraction of sp³-hybridized carbons (Fsp3) is 0.150. The van der Waals surface area contributed by atoms with Gasteiger partial charge in [-0.05, 0) is 41.0 Å². The second-order valence-electron chi connectivity index (χ2n) is 5.98. The summed E-state index contributed by atoms with van der Waals surface area (Å²) in [6.07, 6.45) is 0. The molecule has 0 heterocycles. The zero-order valence-electron chi connectivity index (χ0n) is 13.8. The molecule has 0 radical (unpaired) electrons. The number of nitriles is 1. The first kappa shape index (κ1) is 17.2. The minimum Gasteiger partial charge on any atom is -0.212 e. The largest absolute Gasteiger partial charge is 0.216 e. The Kier molecular flexibility index (Phi) is 4.84. The Morgan fingerprint density at radius 1 is 1.00 bits per heavy atom. The normalized spacial score (nSPS) is 12.6. The molecule has 0 aliphatic heterocycles. The van der Waals surface area contributed by atoms with Gasteiger partial charge in [0.2, 0.25) is 10.0 Å². The van der Waals surface area contributed by atoms with Crippen LogP contribution in [-0.2, 0) is 15.8 Å². The Bertz CT molecular complexity index is 1030. The van der Waals surface area contributed by atoms with E-state index in [9.17, 15) is 8.42 Å². The molecule has 4 nitrogen and oxygen atoms in total. The Labute approximate surface area is 147 Å². The van der Waals surface area contributed by atoms with E-state index in [2.05, 4.69) is 4.72 Å². The molecule has 0 bridgehead atoms. The Balaban J connectivity index is 1.80. The molecule has 0 amide bonds. The minimum absolute atomic E-state index is 0.117. The quantitative estimate of drug-likeness (QED) is 0.759. The fourth-order valence-electron chi connectivity index (χ4n) is 2.90. The summed E-state index contributed by atoms with van der Waals surface area (Å²) in [5.74, 6) is -0.117. The van der Waals surface area contributed by atoms with Crippen LogP contribution in [0.25, 0.3) is 10.8 Å². The maximum atomic E-state index is 12.5. The molecule has 0 aromatic heterocycles. The second-order valence-corrected chi connectivity index (χ2v) is 7.73. The molecule has 0 aliphatic carbocycles. The number of hydrogen-bond donors (Lipinski definition) is 1. The third kappa shape index (κ3) is 4.05. The zero-order chi connectivity index (χ0) is 17.9. The van der Waals surface area contributed by atoms with Crippen molar-refractivity contribution >= 4 is 20.8 Å². The van der Waals surface area contributed by atoms with Crippen molar-refractivity contribution in [3.63, 3.8) is 0 Å². The summed E-state index contributed by atoms with van der Waals surface area (Å²) in [5.41, 5.74) is 2.11. The Morgan fingerprint density at radius 2 is 1.68 bits per heavy atom. The number of sulfonamides is 1. The smallest absolute Gasteiger partial charge is 0.212 e. The summed E-state index contributed by atoms with van der Waals surface area (Å²) in [5, 5.41) is 10.9. The number of fused-ring (bicyclic) bond motifs is 1. The van der Waals surface area contributed by atoms with E-state index in [1.807, 2.05) is 55.5 Å². The van der Waals surface area contributed by atoms with Gasteiger partial charge in [-0.2, -0.15) is 5.26 Å². The van der Waals surface area contributed by atoms with E-state index in [1.54, 1.807) is 24.3 Å². The van der Waals surface area contributed by atoms with Gasteiger partial charge in [-0.3, -0.25) is 0 Å². The van der Waals surface area contributed by atoms with Gasteiger partial charge >= 0.3 is 0 Å². The van der Waals surface area contributed by atoms with Crippen molar-refractivity contribution in [3.05, 3.63) is 83.4 Å². The van der Waals surface area contributed by atoms with E-state index in [-0.39, 0.29) is 11.8 Å². The first-order valence-electron chi connectivity index (χ1n) is 7.95. The molecular formula is C20H18N2O2S. The summed E-state index contributed by atoms with van der Waals surface area (Å²) in [7, 11) is -3.50. The van der Waals surface area contributed by atoms with E-state index in [0.29, 0.717) is 11.1 Å². The third-order valence-electron chi connectivity index (χ3n) is 4.09. The molecular weight excluding hydrogens is 332 g/mol. The van der Waals surface area contributed by atoms with Crippen LogP contribution in [0.1, 0.15) is 29.7 Å². The van der Waals surface area contributed by atoms with Crippen molar-refractivity contribution in [2.75, 3.05) is 0 Å². The van der Waals surface area contributed by atoms with Crippen LogP contribution < -0.4 is 4.72 Å². The van der Waals surface area contributed by atoms with Crippen LogP contribution in [0.5, 0.6) is 0 Å². The lowest BCUT2D eigenvalue weighted by atomic mass is 10.0. The van der Waals surface area contributed by atoms with Crippen molar-refractivity contribution in [2.45, 2.75) is 18.7 Å². The Hall–Kier alpha value is -2.68. The van der Waals surface area contributed by atoms with Crippen molar-refractivity contribution in [3.8, 4) is 6.07 Å². The van der Waals surface area contributed by atoms with E-state index >= 15 is 0 Å². The van der Waals surface area contributed by atoms with Gasteiger partial charge in [0.25, 0.3) is 0 Å². The first-order chi connectivity index (χ1) is 12.0. The average Bonchev–Trinajstić information content (AvgIpc) is 2.61. The maximum absolute atomic E-state index is 12.5. The van der Waals surface area contributed by atoms with E-state index in [1.165, 1.54) is 0 Å². The lowest BCUT2D eigenvalue weighted by molar-refractivity contribution is 0.567. The van der Waals surface area contributed by atoms with Gasteiger partial charge in [0.1, 0.15) is 0 Å². The summed E-state index contributed by atoms with van der Waals surface area (Å²) >= 11 is 0. The lowest BCUT2D eigenvalue weighted by Crippen LogP contribution is -2.28. The summed E-state index contributed by atoms with van der Waals surface area (Å²) in [4.78, 5) is 0. The zero-order valence-corrected chi connectivity index (χ0v) is 14.6. The number of nitrogens with zero attached hydrogens (tertiary/aromatic N) is 1. The number of benzene rings is 3. The highest BCUT2D eigenvalue weighted by atomic mass is 32.2. The predicted octanol–water partition coefficient (Wildman–Crippen LogP) is 3.89. The summed E-state index contributed by atoms with van der Waals surface area (Å²) < 4.78 is 27.7. The van der Waals surface area contributed by atoms with Crippen molar-refractivity contribution in [1.82, 2.24) is 4.72 Å². The minimum atomic E-state index is -3.50. The SMILES string of the molecule is C[C@H](NS(=O)(=O)Cc1ccc(C#N)cc1)c1cccc2ccccc12.